The van der Waals surface area contributed by atoms with Gasteiger partial charge in [-0.2, -0.15) is 0 Å². The quantitative estimate of drug-likeness (QED) is 0.764. The molecule has 0 aliphatic heterocycles. The van der Waals surface area contributed by atoms with Gasteiger partial charge in [-0.3, -0.25) is 0 Å². The van der Waals surface area contributed by atoms with E-state index < -0.39 is 5.82 Å². The molecule has 14 heavy (non-hydrogen) atoms. The Bertz CT molecular complexity index is 478. The van der Waals surface area contributed by atoms with Gasteiger partial charge in [-0.1, -0.05) is 11.6 Å². The molecule has 2 aromatic rings. The lowest BCUT2D eigenvalue weighted by Gasteiger charge is -1.96. The highest BCUT2D eigenvalue weighted by Gasteiger charge is 2.11. The molecule has 0 radical (unpaired) electrons. The second kappa shape index (κ2) is 3.22. The van der Waals surface area contributed by atoms with Crippen LogP contribution in [0.15, 0.2) is 12.1 Å². The zero-order valence-corrected chi connectivity index (χ0v) is 8.27. The minimum Gasteiger partial charge on any atom is -0.341 e. The first-order valence-corrected chi connectivity index (χ1v) is 4.56. The number of hydrogen-bond donors (Lipinski definition) is 2. The number of benzene rings is 1. The number of halogens is 2. The van der Waals surface area contributed by atoms with E-state index >= 15 is 0 Å². The van der Waals surface area contributed by atoms with Crippen LogP contribution in [-0.2, 0) is 0 Å². The van der Waals surface area contributed by atoms with Gasteiger partial charge in [0, 0.05) is 0 Å². The number of imidazole rings is 1. The molecular weight excluding hydrogens is 205 g/mol. The van der Waals surface area contributed by atoms with E-state index in [1.54, 1.807) is 13.0 Å². The molecule has 1 atom stereocenters. The van der Waals surface area contributed by atoms with Gasteiger partial charge in [0.15, 0.2) is 0 Å². The van der Waals surface area contributed by atoms with Crippen molar-refractivity contribution in [1.29, 1.82) is 0 Å². The fourth-order valence-electron chi connectivity index (χ4n) is 1.25. The Balaban J connectivity index is 2.71. The fourth-order valence-corrected chi connectivity index (χ4v) is 1.46. The molecule has 0 saturated heterocycles. The van der Waals surface area contributed by atoms with Crippen LogP contribution in [0.5, 0.6) is 0 Å². The van der Waals surface area contributed by atoms with Gasteiger partial charge < -0.3 is 10.7 Å². The van der Waals surface area contributed by atoms with Crippen LogP contribution < -0.4 is 5.73 Å². The second-order valence-electron chi connectivity index (χ2n) is 3.17. The van der Waals surface area contributed by atoms with Crippen LogP contribution in [0.1, 0.15) is 18.8 Å². The van der Waals surface area contributed by atoms with E-state index in [4.69, 9.17) is 17.3 Å². The lowest BCUT2D eigenvalue weighted by Crippen LogP contribution is -2.06. The van der Waals surface area contributed by atoms with Gasteiger partial charge in [0.2, 0.25) is 0 Å². The van der Waals surface area contributed by atoms with Gasteiger partial charge in [-0.15, -0.1) is 0 Å². The van der Waals surface area contributed by atoms with E-state index in [1.807, 2.05) is 0 Å². The molecule has 0 amide bonds. The molecule has 1 heterocycles. The highest BCUT2D eigenvalue weighted by molar-refractivity contribution is 6.35. The predicted octanol–water partition coefficient (Wildman–Crippen LogP) is 2.38. The van der Waals surface area contributed by atoms with Crippen LogP contribution in [0.25, 0.3) is 11.0 Å². The fraction of sp³-hybridized carbons (Fsp3) is 0.222. The average Bonchev–Trinajstić information content (AvgIpc) is 2.56. The average molecular weight is 214 g/mol. The number of aromatic amines is 1. The lowest BCUT2D eigenvalue weighted by atomic mass is 10.3. The Labute approximate surface area is 85.1 Å². The number of rotatable bonds is 1. The van der Waals surface area contributed by atoms with Crippen LogP contribution in [0.2, 0.25) is 5.02 Å². The Kier molecular flexibility index (Phi) is 2.17. The van der Waals surface area contributed by atoms with Gasteiger partial charge in [-0.05, 0) is 19.1 Å². The molecule has 0 aliphatic carbocycles. The van der Waals surface area contributed by atoms with Crippen molar-refractivity contribution in [1.82, 2.24) is 9.97 Å². The lowest BCUT2D eigenvalue weighted by molar-refractivity contribution is 0.630. The number of nitrogens with zero attached hydrogens (tertiary/aromatic N) is 1. The first kappa shape index (κ1) is 9.43. The highest BCUT2D eigenvalue weighted by Crippen LogP contribution is 2.25. The second-order valence-corrected chi connectivity index (χ2v) is 3.55. The molecule has 3 nitrogen and oxygen atoms in total. The molecule has 1 aromatic heterocycles. The summed E-state index contributed by atoms with van der Waals surface area (Å²) < 4.78 is 13.0. The van der Waals surface area contributed by atoms with Gasteiger partial charge in [0.1, 0.15) is 22.2 Å². The Morgan fingerprint density at radius 3 is 2.93 bits per heavy atom. The predicted molar refractivity (Wildman–Crippen MR) is 53.7 cm³/mol. The van der Waals surface area contributed by atoms with E-state index in [0.29, 0.717) is 16.9 Å². The number of H-pyrrole nitrogens is 1. The van der Waals surface area contributed by atoms with Crippen LogP contribution >= 0.6 is 11.6 Å². The molecule has 0 bridgehead atoms. The molecule has 74 valence electrons. The minimum atomic E-state index is -0.470. The van der Waals surface area contributed by atoms with Crippen molar-refractivity contribution < 1.29 is 4.39 Å². The Hall–Kier alpha value is -1.13. The van der Waals surface area contributed by atoms with Gasteiger partial charge in [0.05, 0.1) is 11.6 Å². The van der Waals surface area contributed by atoms with Crippen LogP contribution in [-0.4, -0.2) is 9.97 Å². The van der Waals surface area contributed by atoms with Crippen molar-refractivity contribution in [3.63, 3.8) is 0 Å². The summed E-state index contributed by atoms with van der Waals surface area (Å²) in [6.07, 6.45) is 0. The summed E-state index contributed by atoms with van der Waals surface area (Å²) in [5.41, 5.74) is 6.76. The zero-order valence-electron chi connectivity index (χ0n) is 7.51. The maximum absolute atomic E-state index is 13.0. The number of hydrogen-bond acceptors (Lipinski definition) is 2. The normalized spacial score (nSPS) is 13.4. The summed E-state index contributed by atoms with van der Waals surface area (Å²) in [5, 5.41) is 0.0330. The summed E-state index contributed by atoms with van der Waals surface area (Å²) in [7, 11) is 0. The third-order valence-corrected chi connectivity index (χ3v) is 2.35. The first-order valence-electron chi connectivity index (χ1n) is 4.19. The minimum absolute atomic E-state index is 0.0330. The SMILES string of the molecule is CC(N)c1nc2c(Cl)c(F)ccc2[nH]1. The van der Waals surface area contributed by atoms with E-state index in [9.17, 15) is 4.39 Å². The van der Waals surface area contributed by atoms with Crippen LogP contribution in [0.3, 0.4) is 0 Å². The summed E-state index contributed by atoms with van der Waals surface area (Å²) in [4.78, 5) is 7.10. The van der Waals surface area contributed by atoms with Crippen molar-refractivity contribution in [2.45, 2.75) is 13.0 Å². The zero-order chi connectivity index (χ0) is 10.3. The van der Waals surface area contributed by atoms with E-state index in [0.717, 1.165) is 0 Å². The van der Waals surface area contributed by atoms with Crippen molar-refractivity contribution >= 4 is 22.6 Å². The van der Waals surface area contributed by atoms with Crippen molar-refractivity contribution in [2.75, 3.05) is 0 Å². The maximum Gasteiger partial charge on any atom is 0.144 e. The monoisotopic (exact) mass is 213 g/mol. The molecule has 2 rings (SSSR count). The summed E-state index contributed by atoms with van der Waals surface area (Å²) in [6, 6.07) is 2.67. The van der Waals surface area contributed by atoms with Crippen molar-refractivity contribution in [2.24, 2.45) is 5.73 Å². The van der Waals surface area contributed by atoms with E-state index in [1.165, 1.54) is 6.07 Å². The summed E-state index contributed by atoms with van der Waals surface area (Å²) in [5.74, 6) is 0.134. The third kappa shape index (κ3) is 1.36. The molecular formula is C9H9ClFN3. The molecule has 0 spiro atoms. The number of fused-ring (bicyclic) bond motifs is 1. The van der Waals surface area contributed by atoms with Crippen molar-refractivity contribution in [3.8, 4) is 0 Å². The molecule has 1 unspecified atom stereocenters. The third-order valence-electron chi connectivity index (χ3n) is 2.00. The topological polar surface area (TPSA) is 54.7 Å². The van der Waals surface area contributed by atoms with E-state index in [2.05, 4.69) is 9.97 Å². The molecule has 0 fully saturated rings. The Morgan fingerprint density at radius 1 is 1.57 bits per heavy atom. The van der Waals surface area contributed by atoms with Gasteiger partial charge >= 0.3 is 0 Å². The molecule has 3 N–H and O–H groups in total. The molecule has 5 heteroatoms. The maximum atomic E-state index is 13.0. The smallest absolute Gasteiger partial charge is 0.144 e. The number of aromatic nitrogens is 2. The van der Waals surface area contributed by atoms with Gasteiger partial charge in [-0.25, -0.2) is 9.37 Å². The number of nitrogens with one attached hydrogen (secondary N) is 1. The summed E-state index contributed by atoms with van der Waals surface area (Å²) in [6.45, 7) is 1.79. The molecule has 0 aliphatic rings. The van der Waals surface area contributed by atoms with Crippen molar-refractivity contribution in [3.05, 3.63) is 28.8 Å². The largest absolute Gasteiger partial charge is 0.341 e. The van der Waals surface area contributed by atoms with Crippen LogP contribution in [0.4, 0.5) is 4.39 Å². The van der Waals surface area contributed by atoms with E-state index in [-0.39, 0.29) is 11.1 Å². The molecule has 0 saturated carbocycles. The standard InChI is InChI=1S/C9H9ClFN3/c1-4(12)9-13-6-3-2-5(11)7(10)8(6)14-9/h2-4H,12H2,1H3,(H,13,14). The summed E-state index contributed by atoms with van der Waals surface area (Å²) >= 11 is 5.75. The molecule has 1 aromatic carbocycles. The van der Waals surface area contributed by atoms with Gasteiger partial charge in [0.25, 0.3) is 0 Å². The first-order chi connectivity index (χ1) is 6.59. The number of nitrogens with two attached hydrogens (primary N) is 1. The van der Waals surface area contributed by atoms with Crippen LogP contribution in [0, 0.1) is 5.82 Å². The highest BCUT2D eigenvalue weighted by atomic mass is 35.5. The Morgan fingerprint density at radius 2 is 2.29 bits per heavy atom.